The number of carbonyl (C=O) groups excluding carboxylic acids is 4. The molecule has 16 heteroatoms. The zero-order valence-electron chi connectivity index (χ0n) is 34.4. The molecule has 0 radical (unpaired) electrons. The van der Waals surface area contributed by atoms with Crippen molar-refractivity contribution in [2.45, 2.75) is 46.6 Å². The van der Waals surface area contributed by atoms with Gasteiger partial charge in [0.2, 0.25) is 22.9 Å². The van der Waals surface area contributed by atoms with E-state index in [1.54, 1.807) is 85.9 Å². The predicted molar refractivity (Wildman–Crippen MR) is 248 cm³/mol. The summed E-state index contributed by atoms with van der Waals surface area (Å²) in [6.07, 6.45) is 7.49. The highest BCUT2D eigenvalue weighted by Gasteiger charge is 2.33. The van der Waals surface area contributed by atoms with Gasteiger partial charge in [0, 0.05) is 56.9 Å². The van der Waals surface area contributed by atoms with E-state index in [1.807, 2.05) is 82.5 Å². The number of ether oxygens (including phenoxy) is 2. The SMILES string of the molecule is CCOC(=O)Cc1c(C(=O)c2ccc(Cl)cc2)sc(SCc2ccccc2CSc2sc(C(=O)c3ccc(Cl)cc3)c(CC(=O)OCC)c2-[n+]2ccccc2)c1-[n+]1ccccc1.[I-].[I-]. The Morgan fingerprint density at radius 1 is 0.531 bits per heavy atom. The Balaban J connectivity index is 0.00000385. The van der Waals surface area contributed by atoms with Crippen LogP contribution in [0.4, 0.5) is 0 Å². The molecule has 0 spiro atoms. The third kappa shape index (κ3) is 12.6. The highest BCUT2D eigenvalue weighted by atomic mass is 127. The summed E-state index contributed by atoms with van der Waals surface area (Å²) >= 11 is 18.3. The van der Waals surface area contributed by atoms with Gasteiger partial charge in [-0.1, -0.05) is 59.6 Å². The highest BCUT2D eigenvalue weighted by Crippen LogP contribution is 2.43. The molecule has 0 N–H and O–H groups in total. The van der Waals surface area contributed by atoms with Gasteiger partial charge in [-0.3, -0.25) is 19.2 Å². The van der Waals surface area contributed by atoms with Crippen LogP contribution >= 0.6 is 69.4 Å². The molecule has 0 aliphatic heterocycles. The summed E-state index contributed by atoms with van der Waals surface area (Å²) in [5.74, 6) is -0.123. The quantitative estimate of drug-likeness (QED) is 0.0393. The van der Waals surface area contributed by atoms with Crippen molar-refractivity contribution in [2.75, 3.05) is 13.2 Å². The number of ketones is 2. The zero-order valence-corrected chi connectivity index (χ0v) is 43.5. The van der Waals surface area contributed by atoms with Crippen LogP contribution in [-0.4, -0.2) is 36.7 Å². The maximum Gasteiger partial charge on any atom is 0.310 e. The first-order valence-corrected chi connectivity index (χ1v) is 24.0. The molecule has 0 bridgehead atoms. The van der Waals surface area contributed by atoms with E-state index < -0.39 is 11.9 Å². The van der Waals surface area contributed by atoms with Gasteiger partial charge in [-0.25, -0.2) is 0 Å². The molecule has 0 aliphatic carbocycles. The Morgan fingerprint density at radius 2 is 0.891 bits per heavy atom. The number of hydrogen-bond donors (Lipinski definition) is 0. The van der Waals surface area contributed by atoms with E-state index in [4.69, 9.17) is 32.7 Å². The number of carbonyl (C=O) groups is 4. The summed E-state index contributed by atoms with van der Waals surface area (Å²) in [7, 11) is 0. The van der Waals surface area contributed by atoms with E-state index in [9.17, 15) is 19.2 Å². The lowest BCUT2D eigenvalue weighted by molar-refractivity contribution is -0.598. The van der Waals surface area contributed by atoms with Crippen molar-refractivity contribution in [3.8, 4) is 11.4 Å². The molecule has 0 amide bonds. The van der Waals surface area contributed by atoms with Gasteiger partial charge >= 0.3 is 11.9 Å². The van der Waals surface area contributed by atoms with Crippen molar-refractivity contribution < 1.29 is 85.7 Å². The normalized spacial score (nSPS) is 10.7. The van der Waals surface area contributed by atoms with E-state index in [-0.39, 0.29) is 85.6 Å². The van der Waals surface area contributed by atoms with Crippen LogP contribution < -0.4 is 57.1 Å². The van der Waals surface area contributed by atoms with Crippen LogP contribution in [0, 0.1) is 0 Å². The number of hydrogen-bond acceptors (Lipinski definition) is 10. The van der Waals surface area contributed by atoms with Crippen LogP contribution in [0.1, 0.15) is 66.6 Å². The standard InChI is InChI=1S/C48H40Cl2N2O6S4.2HI/c1-3-57-39(53)27-37-41(51-23-9-5-10-24-51)47(61-45(37)43(55)31-15-19-35(49)20-16-31)59-29-33-13-7-8-14-34(33)30-60-48-42(52-25-11-6-12-26-52)38(28-40(54)58-4-2)46(62-48)44(56)32-17-21-36(50)22-18-32;;/h5-26H,3-4,27-30H2,1-2H3;2*1H/q+2;;/p-2. The first-order chi connectivity index (χ1) is 30.1. The molecule has 0 unspecified atom stereocenters. The largest absolute Gasteiger partial charge is 1.00 e. The average Bonchev–Trinajstić information content (AvgIpc) is 3.83. The summed E-state index contributed by atoms with van der Waals surface area (Å²) in [5.41, 5.74) is 5.80. The second-order valence-corrected chi connectivity index (χ2v) is 19.0. The molecular weight excluding hydrogens is 1150 g/mol. The minimum atomic E-state index is -0.419. The van der Waals surface area contributed by atoms with Gasteiger partial charge in [0.05, 0.1) is 46.9 Å². The fraction of sp³-hybridized carbons (Fsp3) is 0.167. The molecule has 0 saturated carbocycles. The third-order valence-corrected chi connectivity index (χ3v) is 15.1. The van der Waals surface area contributed by atoms with Crippen LogP contribution in [0.2, 0.25) is 10.0 Å². The van der Waals surface area contributed by atoms with Crippen molar-refractivity contribution in [1.29, 1.82) is 0 Å². The van der Waals surface area contributed by atoms with Gasteiger partial charge in [-0.15, -0.1) is 46.2 Å². The molecule has 4 aromatic heterocycles. The fourth-order valence-electron chi connectivity index (χ4n) is 6.68. The Labute approximate surface area is 432 Å². The van der Waals surface area contributed by atoms with E-state index in [2.05, 4.69) is 12.1 Å². The molecule has 7 aromatic rings. The van der Waals surface area contributed by atoms with Crippen molar-refractivity contribution in [1.82, 2.24) is 0 Å². The Kier molecular flexibility index (Phi) is 19.9. The topological polar surface area (TPSA) is 94.5 Å². The summed E-state index contributed by atoms with van der Waals surface area (Å²) in [5, 5.41) is 1.04. The first-order valence-electron chi connectivity index (χ1n) is 19.6. The van der Waals surface area contributed by atoms with Gasteiger partial charge in [0.25, 0.3) is 0 Å². The summed E-state index contributed by atoms with van der Waals surface area (Å²) in [6.45, 7) is 3.96. The van der Waals surface area contributed by atoms with E-state index in [1.165, 1.54) is 22.7 Å². The number of benzene rings is 3. The van der Waals surface area contributed by atoms with Gasteiger partial charge in [0.15, 0.2) is 24.8 Å². The van der Waals surface area contributed by atoms with E-state index in [0.717, 1.165) is 30.9 Å². The molecular formula is C48H40Cl2I2N2O6S4. The van der Waals surface area contributed by atoms with Crippen LogP contribution in [0.25, 0.3) is 11.4 Å². The van der Waals surface area contributed by atoms with Crippen LogP contribution in [0.3, 0.4) is 0 Å². The van der Waals surface area contributed by atoms with Crippen molar-refractivity contribution >= 4 is 92.9 Å². The average molecular weight is 1190 g/mol. The molecule has 0 saturated heterocycles. The number of halogens is 4. The lowest BCUT2D eigenvalue weighted by atomic mass is 10.0. The Bertz CT molecular complexity index is 2530. The van der Waals surface area contributed by atoms with Gasteiger partial charge < -0.3 is 57.4 Å². The number of thiophene rings is 2. The van der Waals surface area contributed by atoms with Crippen molar-refractivity contribution in [2.24, 2.45) is 0 Å². The smallest absolute Gasteiger partial charge is 0.310 e. The van der Waals surface area contributed by atoms with Gasteiger partial charge in [0.1, 0.15) is 8.42 Å². The van der Waals surface area contributed by atoms with Crippen LogP contribution in [0.15, 0.2) is 142 Å². The van der Waals surface area contributed by atoms with E-state index in [0.29, 0.717) is 53.6 Å². The number of esters is 2. The van der Waals surface area contributed by atoms with Crippen LogP contribution in [0.5, 0.6) is 0 Å². The maximum atomic E-state index is 14.2. The molecule has 330 valence electrons. The molecule has 64 heavy (non-hydrogen) atoms. The highest BCUT2D eigenvalue weighted by molar-refractivity contribution is 8.01. The molecule has 0 atom stereocenters. The zero-order chi connectivity index (χ0) is 43.6. The minimum absolute atomic E-state index is 0. The number of aromatic nitrogens is 2. The molecule has 8 nitrogen and oxygen atoms in total. The molecule has 4 heterocycles. The first kappa shape index (κ1) is 51.4. The summed E-state index contributed by atoms with van der Waals surface area (Å²) < 4.78 is 16.4. The monoisotopic (exact) mass is 1190 g/mol. The lowest BCUT2D eigenvalue weighted by Crippen LogP contribution is -3.00. The molecule has 3 aromatic carbocycles. The second-order valence-electron chi connectivity index (χ2n) is 13.6. The number of pyridine rings is 2. The minimum Gasteiger partial charge on any atom is -1.00 e. The van der Waals surface area contributed by atoms with Crippen LogP contribution in [-0.2, 0) is 43.4 Å². The van der Waals surface area contributed by atoms with Gasteiger partial charge in [-0.2, -0.15) is 9.13 Å². The third-order valence-electron chi connectivity index (χ3n) is 9.56. The fourth-order valence-corrected chi connectivity index (χ4v) is 12.1. The Hall–Kier alpha value is -3.62. The number of thioether (sulfide) groups is 2. The van der Waals surface area contributed by atoms with Gasteiger partial charge in [-0.05, 0) is 73.5 Å². The summed E-state index contributed by atoms with van der Waals surface area (Å²) in [6, 6.07) is 33.2. The molecule has 0 fully saturated rings. The predicted octanol–water partition coefficient (Wildman–Crippen LogP) is 4.94. The number of nitrogens with zero attached hydrogens (tertiary/aromatic N) is 2. The Morgan fingerprint density at radius 3 is 1.23 bits per heavy atom. The maximum absolute atomic E-state index is 14.2. The number of rotatable bonds is 18. The van der Waals surface area contributed by atoms with Crippen molar-refractivity contribution in [3.63, 3.8) is 0 Å². The molecule has 0 aliphatic rings. The summed E-state index contributed by atoms with van der Waals surface area (Å²) in [4.78, 5) is 55.5. The molecule has 7 rings (SSSR count). The lowest BCUT2D eigenvalue weighted by Gasteiger charge is -2.09. The second kappa shape index (κ2) is 24.8. The van der Waals surface area contributed by atoms with Crippen molar-refractivity contribution in [3.05, 3.63) is 187 Å². The van der Waals surface area contributed by atoms with E-state index >= 15 is 0 Å².